The predicted octanol–water partition coefficient (Wildman–Crippen LogP) is 5.17. The monoisotopic (exact) mass is 552 g/mol. The van der Waals surface area contributed by atoms with Gasteiger partial charge in [0, 0.05) is 49.4 Å². The van der Waals surface area contributed by atoms with Gasteiger partial charge in [0.1, 0.15) is 11.6 Å². The number of anilines is 2. The lowest BCUT2D eigenvalue weighted by molar-refractivity contribution is -0.126. The lowest BCUT2D eigenvalue weighted by Crippen LogP contribution is -2.54. The van der Waals surface area contributed by atoms with E-state index >= 15 is 4.39 Å². The van der Waals surface area contributed by atoms with Gasteiger partial charge in [-0.1, -0.05) is 44.7 Å². The zero-order chi connectivity index (χ0) is 29.0. The van der Waals surface area contributed by atoms with Crippen LogP contribution in [0.4, 0.5) is 15.9 Å². The first kappa shape index (κ1) is 26.7. The molecule has 1 amide bonds. The molecule has 9 heteroatoms. The molecule has 2 aromatic heterocycles. The van der Waals surface area contributed by atoms with E-state index in [2.05, 4.69) is 21.9 Å². The van der Waals surface area contributed by atoms with E-state index in [-0.39, 0.29) is 23.7 Å². The molecule has 0 saturated carbocycles. The first-order valence-electron chi connectivity index (χ1n) is 14.0. The Labute approximate surface area is 238 Å². The summed E-state index contributed by atoms with van der Waals surface area (Å²) in [6.07, 6.45) is 3.06. The van der Waals surface area contributed by atoms with Crippen LogP contribution in [-0.2, 0) is 11.3 Å². The van der Waals surface area contributed by atoms with Gasteiger partial charge in [-0.05, 0) is 54.7 Å². The number of hydrogen-bond acceptors (Lipinski definition) is 6. The number of carbonyl (C=O) groups excluding carboxylic acids is 1. The molecule has 6 rings (SSSR count). The van der Waals surface area contributed by atoms with Gasteiger partial charge in [0.15, 0.2) is 0 Å². The molecule has 0 unspecified atom stereocenters. The number of aryl methyl sites for hydroxylation is 1. The Morgan fingerprint density at radius 2 is 2.00 bits per heavy atom. The number of carbonyl (C=O) groups is 1. The maximum atomic E-state index is 16.2. The number of benzene rings is 2. The summed E-state index contributed by atoms with van der Waals surface area (Å²) < 4.78 is 17.8. The second kappa shape index (κ2) is 10.1. The highest BCUT2D eigenvalue weighted by Gasteiger charge is 2.32. The summed E-state index contributed by atoms with van der Waals surface area (Å²) in [5.41, 5.74) is 5.20. The molecule has 0 radical (unpaired) electrons. The van der Waals surface area contributed by atoms with Crippen LogP contribution in [0.2, 0.25) is 0 Å². The van der Waals surface area contributed by atoms with Crippen LogP contribution in [0, 0.1) is 12.7 Å². The molecule has 1 atom stereocenters. The number of halogens is 1. The average Bonchev–Trinajstić information content (AvgIpc) is 2.96. The number of fused-ring (bicyclic) bond motifs is 5. The maximum Gasteiger partial charge on any atom is 0.354 e. The van der Waals surface area contributed by atoms with E-state index in [1.165, 1.54) is 12.1 Å². The summed E-state index contributed by atoms with van der Waals surface area (Å²) in [6, 6.07) is 11.0. The molecule has 1 N–H and O–H groups in total. The minimum Gasteiger partial charge on any atom is -0.379 e. The summed E-state index contributed by atoms with van der Waals surface area (Å²) >= 11 is 0. The van der Waals surface area contributed by atoms with Crippen LogP contribution < -0.4 is 15.9 Å². The highest BCUT2D eigenvalue weighted by molar-refractivity contribution is 6.06. The van der Waals surface area contributed by atoms with Gasteiger partial charge in [-0.2, -0.15) is 4.98 Å². The fourth-order valence-electron chi connectivity index (χ4n) is 6.19. The van der Waals surface area contributed by atoms with E-state index in [4.69, 9.17) is 0 Å². The van der Waals surface area contributed by atoms with E-state index < -0.39 is 5.69 Å². The molecule has 1 saturated heterocycles. The Bertz CT molecular complexity index is 1780. The molecular weight excluding hydrogens is 519 g/mol. The van der Waals surface area contributed by atoms with E-state index in [9.17, 15) is 9.59 Å². The van der Waals surface area contributed by atoms with Crippen molar-refractivity contribution >= 4 is 28.3 Å². The normalized spacial score (nSPS) is 16.4. The SMILES string of the molecule is C=CC(=O)N1CCN(c2nc(=O)n(-c3c(C)ccnc3C(C)C)c3c4c(c(F)cc23)-c2ccccc2CN4)[C@@H](C)C1. The van der Waals surface area contributed by atoms with Gasteiger partial charge < -0.3 is 15.1 Å². The van der Waals surface area contributed by atoms with Gasteiger partial charge in [0.05, 0.1) is 22.6 Å². The second-order valence-electron chi connectivity index (χ2n) is 11.1. The quantitative estimate of drug-likeness (QED) is 0.352. The fraction of sp³-hybridized carbons (Fsp3) is 0.312. The number of nitrogens with zero attached hydrogens (tertiary/aromatic N) is 5. The third-order valence-electron chi connectivity index (χ3n) is 8.16. The Morgan fingerprint density at radius 1 is 1.22 bits per heavy atom. The number of pyridine rings is 1. The molecule has 210 valence electrons. The fourth-order valence-corrected chi connectivity index (χ4v) is 6.19. The van der Waals surface area contributed by atoms with Crippen molar-refractivity contribution in [2.45, 2.75) is 46.2 Å². The third-order valence-corrected chi connectivity index (χ3v) is 8.16. The number of aromatic nitrogens is 3. The van der Waals surface area contributed by atoms with E-state index in [1.54, 1.807) is 15.7 Å². The van der Waals surface area contributed by atoms with Crippen molar-refractivity contribution in [2.24, 2.45) is 0 Å². The summed E-state index contributed by atoms with van der Waals surface area (Å²) in [7, 11) is 0. The van der Waals surface area contributed by atoms with E-state index in [0.29, 0.717) is 59.8 Å². The van der Waals surface area contributed by atoms with Crippen molar-refractivity contribution in [3.8, 4) is 16.8 Å². The Hall–Kier alpha value is -4.53. The molecule has 2 aliphatic heterocycles. The van der Waals surface area contributed by atoms with Crippen LogP contribution in [0.15, 0.2) is 60.0 Å². The van der Waals surface area contributed by atoms with Crippen LogP contribution in [0.25, 0.3) is 27.7 Å². The topological polar surface area (TPSA) is 83.4 Å². The van der Waals surface area contributed by atoms with E-state index in [1.807, 2.05) is 62.9 Å². The van der Waals surface area contributed by atoms with Crippen molar-refractivity contribution in [3.05, 3.63) is 88.4 Å². The summed E-state index contributed by atoms with van der Waals surface area (Å²) in [4.78, 5) is 39.5. The Kier molecular flexibility index (Phi) is 6.60. The highest BCUT2D eigenvalue weighted by Crippen LogP contribution is 2.44. The van der Waals surface area contributed by atoms with Gasteiger partial charge in [-0.3, -0.25) is 14.3 Å². The minimum absolute atomic E-state index is 0.0342. The summed E-state index contributed by atoms with van der Waals surface area (Å²) in [5, 5.41) is 3.98. The molecule has 2 aliphatic rings. The first-order chi connectivity index (χ1) is 19.7. The zero-order valence-corrected chi connectivity index (χ0v) is 23.7. The predicted molar refractivity (Wildman–Crippen MR) is 160 cm³/mol. The molecule has 2 aromatic carbocycles. The highest BCUT2D eigenvalue weighted by atomic mass is 19.1. The van der Waals surface area contributed by atoms with Gasteiger partial charge in [-0.15, -0.1) is 0 Å². The van der Waals surface area contributed by atoms with Gasteiger partial charge in [-0.25, -0.2) is 9.18 Å². The van der Waals surface area contributed by atoms with Crippen molar-refractivity contribution in [3.63, 3.8) is 0 Å². The smallest absolute Gasteiger partial charge is 0.354 e. The summed E-state index contributed by atoms with van der Waals surface area (Å²) in [6.45, 7) is 13.4. The molecule has 8 nitrogen and oxygen atoms in total. The van der Waals surface area contributed by atoms with Crippen LogP contribution in [0.5, 0.6) is 0 Å². The lowest BCUT2D eigenvalue weighted by Gasteiger charge is -2.40. The van der Waals surface area contributed by atoms with Crippen molar-refractivity contribution in [1.29, 1.82) is 0 Å². The zero-order valence-electron chi connectivity index (χ0n) is 23.7. The molecule has 41 heavy (non-hydrogen) atoms. The standard InChI is InChI=1S/C32H33FN6O2/c1-6-25(40)37-13-14-38(20(5)17-37)31-23-15-24(33)26-22-10-8-7-9-21(22)16-35-28(26)30(23)39(32(41)36-31)29-19(4)11-12-34-27(29)18(2)3/h6-12,15,18,20,35H,1,13-14,16-17H2,2-5H3/t20-/m0/s1. The van der Waals surface area contributed by atoms with Crippen molar-refractivity contribution < 1.29 is 9.18 Å². The van der Waals surface area contributed by atoms with Gasteiger partial charge in [0.25, 0.3) is 0 Å². The summed E-state index contributed by atoms with van der Waals surface area (Å²) in [5.74, 6) is -0.0806. The first-order valence-corrected chi connectivity index (χ1v) is 14.0. The van der Waals surface area contributed by atoms with Gasteiger partial charge in [0.2, 0.25) is 5.91 Å². The third kappa shape index (κ3) is 4.27. The molecule has 0 aliphatic carbocycles. The van der Waals surface area contributed by atoms with Crippen LogP contribution in [0.1, 0.15) is 43.5 Å². The number of hydrogen-bond donors (Lipinski definition) is 1. The maximum absolute atomic E-state index is 16.2. The van der Waals surface area contributed by atoms with E-state index in [0.717, 1.165) is 22.4 Å². The largest absolute Gasteiger partial charge is 0.379 e. The van der Waals surface area contributed by atoms with Crippen LogP contribution >= 0.6 is 0 Å². The van der Waals surface area contributed by atoms with Crippen molar-refractivity contribution in [1.82, 2.24) is 19.4 Å². The average molecular weight is 553 g/mol. The Morgan fingerprint density at radius 3 is 2.73 bits per heavy atom. The number of rotatable bonds is 4. The lowest BCUT2D eigenvalue weighted by atomic mass is 9.92. The number of nitrogens with one attached hydrogen (secondary N) is 1. The van der Waals surface area contributed by atoms with Gasteiger partial charge >= 0.3 is 5.69 Å². The minimum atomic E-state index is -0.461. The van der Waals surface area contributed by atoms with Crippen molar-refractivity contribution in [2.75, 3.05) is 29.9 Å². The molecule has 4 heterocycles. The molecule has 0 bridgehead atoms. The molecule has 0 spiro atoms. The van der Waals surface area contributed by atoms with Crippen LogP contribution in [-0.4, -0.2) is 51.0 Å². The molecular formula is C32H33FN6O2. The second-order valence-corrected chi connectivity index (χ2v) is 11.1. The molecule has 1 fully saturated rings. The number of piperazine rings is 1. The van der Waals surface area contributed by atoms with Crippen LogP contribution in [0.3, 0.4) is 0 Å². The molecule has 4 aromatic rings. The Balaban J connectivity index is 1.68. The number of amides is 1.